The maximum Gasteiger partial charge on any atom is 0.263 e. The topological polar surface area (TPSA) is 97.4 Å². The largest absolute Gasteiger partial charge is 0.497 e. The van der Waals surface area contributed by atoms with Gasteiger partial charge in [-0.25, -0.2) is 17.8 Å². The quantitative estimate of drug-likeness (QED) is 0.480. The second kappa shape index (κ2) is 10.4. The molecule has 1 heterocycles. The number of methoxy groups -OCH3 is 1. The number of carbonyl (C=O) groups is 1. The number of ether oxygens (including phenoxy) is 1. The molecule has 7 nitrogen and oxygen atoms in total. The van der Waals surface area contributed by atoms with Crippen LogP contribution in [0.2, 0.25) is 0 Å². The van der Waals surface area contributed by atoms with Crippen LogP contribution in [0.1, 0.15) is 17.7 Å². The Morgan fingerprint density at radius 3 is 2.48 bits per heavy atom. The standard InChI is InChI=1S/C21H22FN3O4S2/c1-29-18-7-9-19(10-8-18)31(27,28)25-21-24-17(14-30-21)6-11-20(26)23-13-12-15-2-4-16(22)5-3-15/h2-5,7-10,14H,6,11-13H2,1H3,(H,23,26)(H,24,25). The van der Waals surface area contributed by atoms with Gasteiger partial charge < -0.3 is 10.1 Å². The van der Waals surface area contributed by atoms with Gasteiger partial charge in [-0.1, -0.05) is 12.1 Å². The molecule has 0 saturated carbocycles. The van der Waals surface area contributed by atoms with Gasteiger partial charge in [-0.2, -0.15) is 0 Å². The van der Waals surface area contributed by atoms with Crippen LogP contribution in [0.3, 0.4) is 0 Å². The predicted octanol–water partition coefficient (Wildman–Crippen LogP) is 3.38. The van der Waals surface area contributed by atoms with Gasteiger partial charge in [-0.15, -0.1) is 11.3 Å². The number of aryl methyl sites for hydroxylation is 1. The van der Waals surface area contributed by atoms with Gasteiger partial charge in [-0.3, -0.25) is 9.52 Å². The third-order valence-electron chi connectivity index (χ3n) is 4.40. The zero-order valence-corrected chi connectivity index (χ0v) is 18.4. The van der Waals surface area contributed by atoms with Crippen molar-refractivity contribution in [1.29, 1.82) is 0 Å². The van der Waals surface area contributed by atoms with E-state index in [1.807, 2.05) is 0 Å². The number of carbonyl (C=O) groups excluding carboxylic acids is 1. The first kappa shape index (κ1) is 22.7. The number of rotatable bonds is 10. The molecular weight excluding hydrogens is 441 g/mol. The number of aromatic nitrogens is 1. The Labute approximate surface area is 184 Å². The van der Waals surface area contributed by atoms with E-state index in [4.69, 9.17) is 4.74 Å². The van der Waals surface area contributed by atoms with Crippen LogP contribution in [0.5, 0.6) is 5.75 Å². The SMILES string of the molecule is COc1ccc(S(=O)(=O)Nc2nc(CCC(=O)NCCc3ccc(F)cc3)cs2)cc1. The maximum atomic E-state index is 12.9. The molecule has 0 saturated heterocycles. The number of thiazole rings is 1. The molecule has 1 aromatic heterocycles. The number of halogens is 1. The molecule has 0 spiro atoms. The van der Waals surface area contributed by atoms with Crippen LogP contribution in [0.25, 0.3) is 0 Å². The Morgan fingerprint density at radius 1 is 1.10 bits per heavy atom. The van der Waals surface area contributed by atoms with Gasteiger partial charge in [0.25, 0.3) is 10.0 Å². The molecular formula is C21H22FN3O4S2. The van der Waals surface area contributed by atoms with Crippen LogP contribution in [0, 0.1) is 5.82 Å². The molecule has 10 heteroatoms. The molecule has 0 bridgehead atoms. The zero-order valence-electron chi connectivity index (χ0n) is 16.8. The monoisotopic (exact) mass is 463 g/mol. The highest BCUT2D eigenvalue weighted by Crippen LogP contribution is 2.22. The average Bonchev–Trinajstić information content (AvgIpc) is 3.20. The Hall–Kier alpha value is -2.98. The van der Waals surface area contributed by atoms with Gasteiger partial charge in [0, 0.05) is 18.3 Å². The molecule has 2 N–H and O–H groups in total. The van der Waals surface area contributed by atoms with E-state index in [1.165, 1.54) is 31.4 Å². The van der Waals surface area contributed by atoms with Crippen LogP contribution in [0.15, 0.2) is 58.8 Å². The lowest BCUT2D eigenvalue weighted by Crippen LogP contribution is -2.25. The highest BCUT2D eigenvalue weighted by Gasteiger charge is 2.16. The normalized spacial score (nSPS) is 11.2. The van der Waals surface area contributed by atoms with Crippen LogP contribution in [0.4, 0.5) is 9.52 Å². The van der Waals surface area contributed by atoms with Crippen molar-refractivity contribution in [3.05, 3.63) is 71.0 Å². The van der Waals surface area contributed by atoms with Crippen LogP contribution >= 0.6 is 11.3 Å². The lowest BCUT2D eigenvalue weighted by Gasteiger charge is -2.06. The van der Waals surface area contributed by atoms with Crippen molar-refractivity contribution in [2.24, 2.45) is 0 Å². The van der Waals surface area contributed by atoms with Crippen molar-refractivity contribution in [3.63, 3.8) is 0 Å². The van der Waals surface area contributed by atoms with Crippen molar-refractivity contribution in [2.75, 3.05) is 18.4 Å². The van der Waals surface area contributed by atoms with Crippen molar-refractivity contribution in [2.45, 2.75) is 24.2 Å². The van der Waals surface area contributed by atoms with E-state index < -0.39 is 10.0 Å². The van der Waals surface area contributed by atoms with Gasteiger partial charge >= 0.3 is 0 Å². The summed E-state index contributed by atoms with van der Waals surface area (Å²) >= 11 is 1.16. The molecule has 2 aromatic carbocycles. The summed E-state index contributed by atoms with van der Waals surface area (Å²) in [7, 11) is -2.25. The number of anilines is 1. The second-order valence-corrected chi connectivity index (χ2v) is 9.19. The van der Waals surface area contributed by atoms with E-state index in [1.54, 1.807) is 29.6 Å². The fourth-order valence-corrected chi connectivity index (χ4v) is 4.72. The number of amides is 1. The third kappa shape index (κ3) is 6.76. The number of sulfonamides is 1. The van der Waals surface area contributed by atoms with E-state index in [-0.39, 0.29) is 28.2 Å². The summed E-state index contributed by atoms with van der Waals surface area (Å²) < 4.78 is 45.3. The Balaban J connectivity index is 1.45. The van der Waals surface area contributed by atoms with E-state index in [0.717, 1.165) is 16.9 Å². The summed E-state index contributed by atoms with van der Waals surface area (Å²) in [5, 5.41) is 4.77. The van der Waals surface area contributed by atoms with Gasteiger partial charge in [0.05, 0.1) is 17.7 Å². The number of hydrogen-bond donors (Lipinski definition) is 2. The smallest absolute Gasteiger partial charge is 0.263 e. The molecule has 3 rings (SSSR count). The summed E-state index contributed by atoms with van der Waals surface area (Å²) in [4.78, 5) is 16.4. The fourth-order valence-electron chi connectivity index (χ4n) is 2.72. The van der Waals surface area contributed by atoms with E-state index in [0.29, 0.717) is 30.8 Å². The average molecular weight is 464 g/mol. The minimum absolute atomic E-state index is 0.102. The summed E-state index contributed by atoms with van der Waals surface area (Å²) in [6.45, 7) is 0.453. The lowest BCUT2D eigenvalue weighted by molar-refractivity contribution is -0.121. The lowest BCUT2D eigenvalue weighted by atomic mass is 10.1. The van der Waals surface area contributed by atoms with Crippen LogP contribution < -0.4 is 14.8 Å². The minimum atomic E-state index is -3.76. The molecule has 0 aliphatic heterocycles. The number of hydrogen-bond acceptors (Lipinski definition) is 6. The first-order chi connectivity index (χ1) is 14.9. The zero-order chi connectivity index (χ0) is 22.3. The van der Waals surface area contributed by atoms with Gasteiger partial charge in [0.15, 0.2) is 5.13 Å². The van der Waals surface area contributed by atoms with Crippen molar-refractivity contribution in [1.82, 2.24) is 10.3 Å². The first-order valence-corrected chi connectivity index (χ1v) is 11.8. The number of nitrogens with one attached hydrogen (secondary N) is 2. The molecule has 0 aliphatic carbocycles. The molecule has 31 heavy (non-hydrogen) atoms. The molecule has 1 amide bonds. The fraction of sp³-hybridized carbons (Fsp3) is 0.238. The van der Waals surface area contributed by atoms with E-state index in [2.05, 4.69) is 15.0 Å². The molecule has 0 atom stereocenters. The van der Waals surface area contributed by atoms with Gasteiger partial charge in [0.2, 0.25) is 5.91 Å². The molecule has 0 fully saturated rings. The van der Waals surface area contributed by atoms with Crippen molar-refractivity contribution >= 4 is 32.4 Å². The number of benzene rings is 2. The molecule has 3 aromatic rings. The molecule has 0 radical (unpaired) electrons. The summed E-state index contributed by atoms with van der Waals surface area (Å²) in [6.07, 6.45) is 1.24. The summed E-state index contributed by atoms with van der Waals surface area (Å²) in [6, 6.07) is 12.2. The third-order valence-corrected chi connectivity index (χ3v) is 6.69. The summed E-state index contributed by atoms with van der Waals surface area (Å²) in [5.41, 5.74) is 1.57. The van der Waals surface area contributed by atoms with Crippen LogP contribution in [-0.2, 0) is 27.7 Å². The molecule has 164 valence electrons. The van der Waals surface area contributed by atoms with E-state index in [9.17, 15) is 17.6 Å². The second-order valence-electron chi connectivity index (χ2n) is 6.65. The summed E-state index contributed by atoms with van der Waals surface area (Å²) in [5.74, 6) is 0.142. The van der Waals surface area contributed by atoms with E-state index >= 15 is 0 Å². The van der Waals surface area contributed by atoms with Gasteiger partial charge in [-0.05, 0) is 54.8 Å². The highest BCUT2D eigenvalue weighted by atomic mass is 32.2. The Kier molecular flexibility index (Phi) is 7.59. The number of nitrogens with zero attached hydrogens (tertiary/aromatic N) is 1. The minimum Gasteiger partial charge on any atom is -0.497 e. The highest BCUT2D eigenvalue weighted by molar-refractivity contribution is 7.93. The predicted molar refractivity (Wildman–Crippen MR) is 117 cm³/mol. The maximum absolute atomic E-state index is 12.9. The molecule has 0 aliphatic rings. The van der Waals surface area contributed by atoms with Crippen LogP contribution in [-0.4, -0.2) is 33.0 Å². The van der Waals surface area contributed by atoms with Crippen molar-refractivity contribution < 1.29 is 22.3 Å². The Bertz CT molecular complexity index is 1110. The van der Waals surface area contributed by atoms with Crippen molar-refractivity contribution in [3.8, 4) is 5.75 Å². The Morgan fingerprint density at radius 2 is 1.81 bits per heavy atom. The van der Waals surface area contributed by atoms with Gasteiger partial charge in [0.1, 0.15) is 11.6 Å². The first-order valence-electron chi connectivity index (χ1n) is 9.48. The molecule has 0 unspecified atom stereocenters.